The summed E-state index contributed by atoms with van der Waals surface area (Å²) >= 11 is 0. The molecule has 118 valence electrons. The van der Waals surface area contributed by atoms with Gasteiger partial charge in [-0.15, -0.1) is 0 Å². The molecule has 1 aromatic rings. The normalized spacial score (nSPS) is 12.5. The van der Waals surface area contributed by atoms with E-state index >= 15 is 0 Å². The number of hydrogen-bond donors (Lipinski definition) is 2. The highest BCUT2D eigenvalue weighted by Crippen LogP contribution is 2.13. The zero-order valence-electron chi connectivity index (χ0n) is 13.5. The third kappa shape index (κ3) is 5.86. The Bertz CT molecular complexity index is 445. The summed E-state index contributed by atoms with van der Waals surface area (Å²) < 4.78 is 0. The van der Waals surface area contributed by atoms with E-state index in [0.29, 0.717) is 19.5 Å². The van der Waals surface area contributed by atoms with Crippen LogP contribution in [0.25, 0.3) is 0 Å². The third-order valence-electron chi connectivity index (χ3n) is 3.63. The molecule has 0 spiro atoms. The zero-order chi connectivity index (χ0) is 15.8. The summed E-state index contributed by atoms with van der Waals surface area (Å²) in [6, 6.07) is 7.96. The van der Waals surface area contributed by atoms with Gasteiger partial charge in [-0.1, -0.05) is 36.2 Å². The molecule has 0 saturated heterocycles. The maximum Gasteiger partial charge on any atom is 0.240 e. The molecule has 0 aliphatic heterocycles. The minimum atomic E-state index is -0.427. The Kier molecular flexibility index (Phi) is 7.40. The molecule has 0 aromatic heterocycles. The first-order valence-electron chi connectivity index (χ1n) is 7.77. The second-order valence-corrected chi connectivity index (χ2v) is 5.94. The summed E-state index contributed by atoms with van der Waals surface area (Å²) in [5, 5.41) is 0. The van der Waals surface area contributed by atoms with Crippen LogP contribution >= 0.6 is 0 Å². The molecule has 1 atom stereocenters. The van der Waals surface area contributed by atoms with Gasteiger partial charge in [-0.2, -0.15) is 0 Å². The summed E-state index contributed by atoms with van der Waals surface area (Å²) in [6.07, 6.45) is 2.52. The van der Waals surface area contributed by atoms with Crippen LogP contribution in [0.4, 0.5) is 0 Å². The maximum absolute atomic E-state index is 12.5. The highest BCUT2D eigenvalue weighted by atomic mass is 16.2. The second kappa shape index (κ2) is 8.80. The van der Waals surface area contributed by atoms with E-state index in [1.807, 2.05) is 24.8 Å². The average molecular weight is 291 g/mol. The lowest BCUT2D eigenvalue weighted by Gasteiger charge is -2.29. The monoisotopic (exact) mass is 291 g/mol. The van der Waals surface area contributed by atoms with Gasteiger partial charge in [0.25, 0.3) is 0 Å². The second-order valence-electron chi connectivity index (χ2n) is 5.94. The molecule has 4 N–H and O–H groups in total. The van der Waals surface area contributed by atoms with E-state index in [9.17, 15) is 4.79 Å². The van der Waals surface area contributed by atoms with Gasteiger partial charge in [-0.05, 0) is 45.7 Å². The van der Waals surface area contributed by atoms with Crippen molar-refractivity contribution in [1.29, 1.82) is 0 Å². The third-order valence-corrected chi connectivity index (χ3v) is 3.63. The number of nitrogens with zero attached hydrogens (tertiary/aromatic N) is 1. The van der Waals surface area contributed by atoms with Crippen molar-refractivity contribution in [2.75, 3.05) is 6.54 Å². The molecule has 0 aliphatic carbocycles. The molecule has 0 radical (unpaired) electrons. The van der Waals surface area contributed by atoms with Gasteiger partial charge in [0.15, 0.2) is 0 Å². The minimum Gasteiger partial charge on any atom is -0.335 e. The van der Waals surface area contributed by atoms with Crippen LogP contribution < -0.4 is 11.5 Å². The molecular formula is C17H29N3O. The van der Waals surface area contributed by atoms with Crippen molar-refractivity contribution in [1.82, 2.24) is 4.90 Å². The van der Waals surface area contributed by atoms with Gasteiger partial charge in [0.2, 0.25) is 5.91 Å². The Hall–Kier alpha value is -1.39. The van der Waals surface area contributed by atoms with Gasteiger partial charge in [-0.25, -0.2) is 0 Å². The molecule has 0 bridgehead atoms. The number of amides is 1. The fourth-order valence-electron chi connectivity index (χ4n) is 2.37. The van der Waals surface area contributed by atoms with Crippen LogP contribution in [0, 0.1) is 6.92 Å². The van der Waals surface area contributed by atoms with E-state index in [4.69, 9.17) is 11.5 Å². The summed E-state index contributed by atoms with van der Waals surface area (Å²) in [6.45, 7) is 7.38. The van der Waals surface area contributed by atoms with E-state index in [0.717, 1.165) is 18.4 Å². The lowest BCUT2D eigenvalue weighted by atomic mass is 10.1. The molecular weight excluding hydrogens is 262 g/mol. The summed E-state index contributed by atoms with van der Waals surface area (Å²) in [5.74, 6) is 0.0310. The fraction of sp³-hybridized carbons (Fsp3) is 0.588. The number of rotatable bonds is 8. The molecule has 1 amide bonds. The quantitative estimate of drug-likeness (QED) is 0.721. The highest BCUT2D eigenvalue weighted by molar-refractivity contribution is 5.81. The topological polar surface area (TPSA) is 72.3 Å². The molecule has 0 aliphatic rings. The Morgan fingerprint density at radius 3 is 2.57 bits per heavy atom. The van der Waals surface area contributed by atoms with Crippen molar-refractivity contribution in [3.63, 3.8) is 0 Å². The lowest BCUT2D eigenvalue weighted by molar-refractivity contribution is -0.135. The first kappa shape index (κ1) is 17.7. The number of benzene rings is 1. The smallest absolute Gasteiger partial charge is 0.240 e. The van der Waals surface area contributed by atoms with E-state index in [1.54, 1.807) is 0 Å². The summed E-state index contributed by atoms with van der Waals surface area (Å²) in [4.78, 5) is 14.4. The molecule has 0 heterocycles. The minimum absolute atomic E-state index is 0.0310. The number of carbonyl (C=O) groups excluding carboxylic acids is 1. The molecule has 0 unspecified atom stereocenters. The van der Waals surface area contributed by atoms with Gasteiger partial charge in [0, 0.05) is 12.6 Å². The maximum atomic E-state index is 12.5. The van der Waals surface area contributed by atoms with E-state index in [-0.39, 0.29) is 11.9 Å². The molecule has 4 nitrogen and oxygen atoms in total. The lowest BCUT2D eigenvalue weighted by Crippen LogP contribution is -2.46. The fourth-order valence-corrected chi connectivity index (χ4v) is 2.37. The van der Waals surface area contributed by atoms with Crippen LogP contribution in [0.1, 0.15) is 44.2 Å². The molecule has 1 aromatic carbocycles. The van der Waals surface area contributed by atoms with Crippen molar-refractivity contribution in [2.24, 2.45) is 11.5 Å². The standard InChI is InChI=1S/C17H29N3O/c1-13(2)20(12-15-8-6-7-14(3)11-15)17(21)16(19)9-4-5-10-18/h6-8,11,13,16H,4-5,9-10,12,18-19H2,1-3H3/t16-/m0/s1. The predicted octanol–water partition coefficient (Wildman–Crippen LogP) is 2.19. The van der Waals surface area contributed by atoms with E-state index in [1.165, 1.54) is 5.56 Å². The summed E-state index contributed by atoms with van der Waals surface area (Å²) in [5.41, 5.74) is 13.9. The SMILES string of the molecule is Cc1cccc(CN(C(=O)[C@@H](N)CCCCN)C(C)C)c1. The molecule has 21 heavy (non-hydrogen) atoms. The number of nitrogens with two attached hydrogens (primary N) is 2. The van der Waals surface area contributed by atoms with Gasteiger partial charge < -0.3 is 16.4 Å². The first-order valence-corrected chi connectivity index (χ1v) is 7.77. The number of hydrogen-bond acceptors (Lipinski definition) is 3. The Morgan fingerprint density at radius 2 is 2.00 bits per heavy atom. The largest absolute Gasteiger partial charge is 0.335 e. The highest BCUT2D eigenvalue weighted by Gasteiger charge is 2.23. The average Bonchev–Trinajstić information content (AvgIpc) is 2.44. The van der Waals surface area contributed by atoms with Gasteiger partial charge in [0.05, 0.1) is 6.04 Å². The van der Waals surface area contributed by atoms with Crippen LogP contribution in [0.15, 0.2) is 24.3 Å². The Morgan fingerprint density at radius 1 is 1.29 bits per heavy atom. The first-order chi connectivity index (χ1) is 9.95. The van der Waals surface area contributed by atoms with Gasteiger partial charge in [-0.3, -0.25) is 4.79 Å². The van der Waals surface area contributed by atoms with Crippen molar-refractivity contribution >= 4 is 5.91 Å². The Balaban J connectivity index is 2.70. The zero-order valence-corrected chi connectivity index (χ0v) is 13.5. The van der Waals surface area contributed by atoms with Gasteiger partial charge in [0.1, 0.15) is 0 Å². The number of unbranched alkanes of at least 4 members (excludes halogenated alkanes) is 1. The van der Waals surface area contributed by atoms with Crippen LogP contribution in [-0.2, 0) is 11.3 Å². The Labute approximate surface area is 128 Å². The van der Waals surface area contributed by atoms with Crippen molar-refractivity contribution in [3.05, 3.63) is 35.4 Å². The van der Waals surface area contributed by atoms with Crippen molar-refractivity contribution < 1.29 is 4.79 Å². The van der Waals surface area contributed by atoms with Crippen LogP contribution in [0.2, 0.25) is 0 Å². The van der Waals surface area contributed by atoms with E-state index in [2.05, 4.69) is 25.1 Å². The van der Waals surface area contributed by atoms with Crippen LogP contribution in [-0.4, -0.2) is 29.4 Å². The van der Waals surface area contributed by atoms with Crippen LogP contribution in [0.3, 0.4) is 0 Å². The number of aryl methyl sites for hydroxylation is 1. The molecule has 0 saturated carbocycles. The van der Waals surface area contributed by atoms with Crippen LogP contribution in [0.5, 0.6) is 0 Å². The van der Waals surface area contributed by atoms with Gasteiger partial charge >= 0.3 is 0 Å². The number of carbonyl (C=O) groups is 1. The summed E-state index contributed by atoms with van der Waals surface area (Å²) in [7, 11) is 0. The van der Waals surface area contributed by atoms with E-state index < -0.39 is 6.04 Å². The molecule has 4 heteroatoms. The molecule has 1 rings (SSSR count). The molecule has 0 fully saturated rings. The predicted molar refractivity (Wildman–Crippen MR) is 87.7 cm³/mol. The van der Waals surface area contributed by atoms with Crippen molar-refractivity contribution in [2.45, 2.75) is 58.7 Å². The van der Waals surface area contributed by atoms with Crippen molar-refractivity contribution in [3.8, 4) is 0 Å².